The molecule has 0 aromatic heterocycles. The molecule has 34 heavy (non-hydrogen) atoms. The molecule has 4 aromatic carbocycles. The normalized spacial score (nSPS) is 10.5. The van der Waals surface area contributed by atoms with E-state index >= 15 is 0 Å². The van der Waals surface area contributed by atoms with E-state index in [9.17, 15) is 4.79 Å². The predicted molar refractivity (Wildman–Crippen MR) is 135 cm³/mol. The number of carbonyl (C=O) groups is 1. The summed E-state index contributed by atoms with van der Waals surface area (Å²) >= 11 is 0. The average Bonchev–Trinajstić information content (AvgIpc) is 2.88. The molecule has 0 heterocycles. The Morgan fingerprint density at radius 2 is 1.12 bits per heavy atom. The van der Waals surface area contributed by atoms with Crippen molar-refractivity contribution in [2.45, 2.75) is 26.1 Å². The van der Waals surface area contributed by atoms with Gasteiger partial charge in [-0.25, -0.2) is 0 Å². The van der Waals surface area contributed by atoms with Gasteiger partial charge in [0.25, 0.3) is 0 Å². The summed E-state index contributed by atoms with van der Waals surface area (Å²) in [4.78, 5) is 12.2. The lowest BCUT2D eigenvalue weighted by Gasteiger charge is -2.15. The molecule has 0 radical (unpaired) electrons. The Balaban J connectivity index is 1.37. The van der Waals surface area contributed by atoms with Crippen molar-refractivity contribution >= 4 is 5.91 Å². The van der Waals surface area contributed by atoms with Crippen molar-refractivity contribution in [2.24, 2.45) is 0 Å². The SMILES string of the molecule is O=C(Cc1ccccc1)NCCc1ccc(OCc2ccccc2)c(OCc2ccccc2)c1. The number of ether oxygens (including phenoxy) is 2. The predicted octanol–water partition coefficient (Wildman–Crippen LogP) is 5.75. The van der Waals surface area contributed by atoms with Crippen LogP contribution in [0.4, 0.5) is 0 Å². The fourth-order valence-corrected chi connectivity index (χ4v) is 3.60. The molecule has 4 nitrogen and oxygen atoms in total. The first-order chi connectivity index (χ1) is 16.8. The monoisotopic (exact) mass is 451 g/mol. The molecule has 0 aliphatic rings. The maximum Gasteiger partial charge on any atom is 0.224 e. The van der Waals surface area contributed by atoms with Crippen LogP contribution in [-0.4, -0.2) is 12.5 Å². The van der Waals surface area contributed by atoms with E-state index in [1.807, 2.05) is 109 Å². The lowest BCUT2D eigenvalue weighted by molar-refractivity contribution is -0.120. The van der Waals surface area contributed by atoms with Crippen LogP contribution in [0, 0.1) is 0 Å². The molecule has 0 bridgehead atoms. The van der Waals surface area contributed by atoms with Gasteiger partial charge in [-0.1, -0.05) is 97.1 Å². The Labute approximate surface area is 201 Å². The first kappa shape index (κ1) is 23.1. The Morgan fingerprint density at radius 3 is 1.71 bits per heavy atom. The van der Waals surface area contributed by atoms with Gasteiger partial charge in [-0.2, -0.15) is 0 Å². The van der Waals surface area contributed by atoms with Crippen LogP contribution in [0.3, 0.4) is 0 Å². The van der Waals surface area contributed by atoms with Gasteiger partial charge >= 0.3 is 0 Å². The fourth-order valence-electron chi connectivity index (χ4n) is 3.60. The second-order valence-corrected chi connectivity index (χ2v) is 8.09. The van der Waals surface area contributed by atoms with Crippen molar-refractivity contribution < 1.29 is 14.3 Å². The standard InChI is InChI=1S/C30H29NO3/c32-30(21-24-10-4-1-5-11-24)31-19-18-25-16-17-28(33-22-26-12-6-2-7-13-26)29(20-25)34-23-27-14-8-3-9-15-27/h1-17,20H,18-19,21-23H2,(H,31,32). The third-order valence-corrected chi connectivity index (χ3v) is 5.43. The molecule has 0 saturated heterocycles. The van der Waals surface area contributed by atoms with Gasteiger partial charge < -0.3 is 14.8 Å². The number of benzene rings is 4. The zero-order valence-corrected chi connectivity index (χ0v) is 19.2. The van der Waals surface area contributed by atoms with Crippen LogP contribution in [0.1, 0.15) is 22.3 Å². The molecule has 172 valence electrons. The highest BCUT2D eigenvalue weighted by Crippen LogP contribution is 2.30. The molecular weight excluding hydrogens is 422 g/mol. The number of carbonyl (C=O) groups excluding carboxylic acids is 1. The van der Waals surface area contributed by atoms with Crippen LogP contribution in [-0.2, 0) is 30.8 Å². The summed E-state index contributed by atoms with van der Waals surface area (Å²) in [6.45, 7) is 1.49. The molecular formula is C30H29NO3. The molecule has 4 rings (SSSR count). The molecule has 1 N–H and O–H groups in total. The maximum absolute atomic E-state index is 12.2. The Bertz CT molecular complexity index is 1160. The number of nitrogens with one attached hydrogen (secondary N) is 1. The highest BCUT2D eigenvalue weighted by Gasteiger charge is 2.09. The van der Waals surface area contributed by atoms with Crippen LogP contribution < -0.4 is 14.8 Å². The van der Waals surface area contributed by atoms with E-state index in [-0.39, 0.29) is 5.91 Å². The molecule has 0 aliphatic heterocycles. The summed E-state index contributed by atoms with van der Waals surface area (Å²) in [5.41, 5.74) is 4.28. The maximum atomic E-state index is 12.2. The largest absolute Gasteiger partial charge is 0.485 e. The van der Waals surface area contributed by atoms with Gasteiger partial charge in [0.05, 0.1) is 6.42 Å². The summed E-state index contributed by atoms with van der Waals surface area (Å²) in [5, 5.41) is 3.01. The first-order valence-electron chi connectivity index (χ1n) is 11.5. The smallest absolute Gasteiger partial charge is 0.224 e. The zero-order valence-electron chi connectivity index (χ0n) is 19.2. The lowest BCUT2D eigenvalue weighted by Crippen LogP contribution is -2.27. The highest BCUT2D eigenvalue weighted by atomic mass is 16.5. The summed E-state index contributed by atoms with van der Waals surface area (Å²) < 4.78 is 12.2. The molecule has 1 amide bonds. The van der Waals surface area contributed by atoms with Crippen molar-refractivity contribution in [3.8, 4) is 11.5 Å². The van der Waals surface area contributed by atoms with Gasteiger partial charge in [0, 0.05) is 6.54 Å². The summed E-state index contributed by atoms with van der Waals surface area (Å²) in [6.07, 6.45) is 1.10. The minimum atomic E-state index is 0.0227. The summed E-state index contributed by atoms with van der Waals surface area (Å²) in [7, 11) is 0. The molecule has 4 aromatic rings. The van der Waals surface area contributed by atoms with Crippen LogP contribution in [0.2, 0.25) is 0 Å². The first-order valence-corrected chi connectivity index (χ1v) is 11.5. The van der Waals surface area contributed by atoms with Crippen molar-refractivity contribution in [1.82, 2.24) is 5.32 Å². The zero-order chi connectivity index (χ0) is 23.4. The number of amides is 1. The number of hydrogen-bond donors (Lipinski definition) is 1. The second-order valence-electron chi connectivity index (χ2n) is 8.09. The van der Waals surface area contributed by atoms with Gasteiger partial charge in [-0.3, -0.25) is 4.79 Å². The minimum Gasteiger partial charge on any atom is -0.485 e. The molecule has 0 spiro atoms. The Morgan fingerprint density at radius 1 is 0.588 bits per heavy atom. The van der Waals surface area contributed by atoms with Crippen molar-refractivity contribution in [1.29, 1.82) is 0 Å². The third kappa shape index (κ3) is 7.24. The van der Waals surface area contributed by atoms with Gasteiger partial charge in [0.2, 0.25) is 5.91 Å². The van der Waals surface area contributed by atoms with Crippen molar-refractivity contribution in [3.63, 3.8) is 0 Å². The van der Waals surface area contributed by atoms with Gasteiger partial charge in [-0.05, 0) is 40.8 Å². The Hall–Kier alpha value is -4.05. The van der Waals surface area contributed by atoms with E-state index < -0.39 is 0 Å². The van der Waals surface area contributed by atoms with Crippen LogP contribution in [0.5, 0.6) is 11.5 Å². The van der Waals surface area contributed by atoms with Crippen LogP contribution in [0.25, 0.3) is 0 Å². The quantitative estimate of drug-likeness (QED) is 0.316. The van der Waals surface area contributed by atoms with Gasteiger partial charge in [-0.15, -0.1) is 0 Å². The summed E-state index contributed by atoms with van der Waals surface area (Å²) in [6, 6.07) is 35.9. The van der Waals surface area contributed by atoms with E-state index in [4.69, 9.17) is 9.47 Å². The highest BCUT2D eigenvalue weighted by molar-refractivity contribution is 5.78. The lowest BCUT2D eigenvalue weighted by atomic mass is 10.1. The van der Waals surface area contributed by atoms with Crippen LogP contribution >= 0.6 is 0 Å². The molecule has 0 aliphatic carbocycles. The van der Waals surface area contributed by atoms with E-state index in [1.54, 1.807) is 0 Å². The topological polar surface area (TPSA) is 47.6 Å². The minimum absolute atomic E-state index is 0.0227. The summed E-state index contributed by atoms with van der Waals surface area (Å²) in [5.74, 6) is 1.43. The van der Waals surface area contributed by atoms with Crippen molar-refractivity contribution in [2.75, 3.05) is 6.54 Å². The fraction of sp³-hybridized carbons (Fsp3) is 0.167. The second kappa shape index (κ2) is 12.3. The molecule has 0 saturated carbocycles. The molecule has 0 fully saturated rings. The average molecular weight is 452 g/mol. The molecule has 0 atom stereocenters. The molecule has 0 unspecified atom stereocenters. The van der Waals surface area contributed by atoms with Gasteiger partial charge in [0.15, 0.2) is 11.5 Å². The number of rotatable bonds is 11. The van der Waals surface area contributed by atoms with E-state index in [2.05, 4.69) is 5.32 Å². The van der Waals surface area contributed by atoms with E-state index in [0.717, 1.165) is 22.3 Å². The molecule has 4 heteroatoms. The number of hydrogen-bond acceptors (Lipinski definition) is 3. The Kier molecular flexibility index (Phi) is 8.34. The van der Waals surface area contributed by atoms with Gasteiger partial charge in [0.1, 0.15) is 13.2 Å². The van der Waals surface area contributed by atoms with Crippen LogP contribution in [0.15, 0.2) is 109 Å². The van der Waals surface area contributed by atoms with E-state index in [0.29, 0.717) is 44.1 Å². The van der Waals surface area contributed by atoms with Crippen molar-refractivity contribution in [3.05, 3.63) is 131 Å². The third-order valence-electron chi connectivity index (χ3n) is 5.43. The van der Waals surface area contributed by atoms with E-state index in [1.165, 1.54) is 0 Å².